The molecular weight excluding hydrogens is 525 g/mol. The molecule has 0 bridgehead atoms. The summed E-state index contributed by atoms with van der Waals surface area (Å²) in [5, 5.41) is 2.97. The molecule has 1 saturated carbocycles. The van der Waals surface area contributed by atoms with Gasteiger partial charge in [0.05, 0.1) is 11.9 Å². The van der Waals surface area contributed by atoms with Crippen LogP contribution in [0.4, 0.5) is 10.1 Å². The molecule has 10 heteroatoms. The number of anilines is 1. The minimum absolute atomic E-state index is 0.0492. The van der Waals surface area contributed by atoms with Crippen LogP contribution in [0.25, 0.3) is 0 Å². The van der Waals surface area contributed by atoms with E-state index in [1.54, 1.807) is 49.4 Å². The maximum atomic E-state index is 14.4. The van der Waals surface area contributed by atoms with Crippen LogP contribution < -0.4 is 9.62 Å². The third-order valence-corrected chi connectivity index (χ3v) is 7.76. The Morgan fingerprint density at radius 2 is 1.74 bits per heavy atom. The van der Waals surface area contributed by atoms with Crippen LogP contribution >= 0.6 is 15.9 Å². The first-order chi connectivity index (χ1) is 16.1. The highest BCUT2D eigenvalue weighted by atomic mass is 79.9. The lowest BCUT2D eigenvalue weighted by atomic mass is 10.1. The van der Waals surface area contributed by atoms with Crippen LogP contribution in [0.3, 0.4) is 0 Å². The maximum absolute atomic E-state index is 14.4. The fraction of sp³-hybridized carbons (Fsp3) is 0.417. The number of benzene rings is 2. The van der Waals surface area contributed by atoms with Gasteiger partial charge in [0.25, 0.3) is 0 Å². The van der Waals surface area contributed by atoms with E-state index in [1.807, 2.05) is 0 Å². The van der Waals surface area contributed by atoms with Gasteiger partial charge in [0.2, 0.25) is 21.8 Å². The molecule has 0 aliphatic heterocycles. The van der Waals surface area contributed by atoms with Crippen molar-refractivity contribution in [1.82, 2.24) is 10.2 Å². The predicted octanol–water partition coefficient (Wildman–Crippen LogP) is 3.83. The van der Waals surface area contributed by atoms with E-state index in [1.165, 1.54) is 11.0 Å². The summed E-state index contributed by atoms with van der Waals surface area (Å²) in [7, 11) is -3.83. The van der Waals surface area contributed by atoms with Crippen LogP contribution in [0.15, 0.2) is 53.0 Å². The van der Waals surface area contributed by atoms with E-state index < -0.39 is 34.3 Å². The number of carbonyl (C=O) groups excluding carboxylic acids is 2. The summed E-state index contributed by atoms with van der Waals surface area (Å²) in [6.07, 6.45) is 4.84. The van der Waals surface area contributed by atoms with Crippen molar-refractivity contribution in [2.75, 3.05) is 17.1 Å². The number of sulfonamides is 1. The lowest BCUT2D eigenvalue weighted by Gasteiger charge is -2.32. The molecule has 0 unspecified atom stereocenters. The Kier molecular flexibility index (Phi) is 8.70. The molecule has 1 aliphatic carbocycles. The Bertz CT molecular complexity index is 1140. The number of hydrogen-bond donors (Lipinski definition) is 1. The average Bonchev–Trinajstić information content (AvgIpc) is 3.29. The molecule has 2 amide bonds. The molecule has 1 N–H and O–H groups in total. The molecule has 2 aromatic rings. The maximum Gasteiger partial charge on any atom is 0.244 e. The third-order valence-electron chi connectivity index (χ3n) is 5.97. The first-order valence-electron chi connectivity index (χ1n) is 11.1. The highest BCUT2D eigenvalue weighted by Crippen LogP contribution is 2.28. The molecule has 3 rings (SSSR count). The quantitative estimate of drug-likeness (QED) is 0.511. The smallest absolute Gasteiger partial charge is 0.244 e. The monoisotopic (exact) mass is 553 g/mol. The number of carbonyl (C=O) groups is 2. The molecule has 0 aromatic heterocycles. The van der Waals surface area contributed by atoms with E-state index in [0.717, 1.165) is 36.2 Å². The van der Waals surface area contributed by atoms with Gasteiger partial charge < -0.3 is 10.2 Å². The van der Waals surface area contributed by atoms with Crippen molar-refractivity contribution in [2.24, 2.45) is 0 Å². The number of nitrogens with one attached hydrogen (secondary N) is 1. The minimum Gasteiger partial charge on any atom is -0.352 e. The molecule has 0 saturated heterocycles. The van der Waals surface area contributed by atoms with E-state index in [9.17, 15) is 22.4 Å². The summed E-state index contributed by atoms with van der Waals surface area (Å²) >= 11 is 3.34. The van der Waals surface area contributed by atoms with E-state index in [-0.39, 0.29) is 24.1 Å². The van der Waals surface area contributed by atoms with Crippen molar-refractivity contribution in [2.45, 2.75) is 51.2 Å². The van der Waals surface area contributed by atoms with Gasteiger partial charge >= 0.3 is 0 Å². The molecule has 0 spiro atoms. The van der Waals surface area contributed by atoms with Gasteiger partial charge in [-0.25, -0.2) is 12.8 Å². The zero-order chi connectivity index (χ0) is 24.9. The molecule has 7 nitrogen and oxygen atoms in total. The minimum atomic E-state index is -3.83. The lowest BCUT2D eigenvalue weighted by Crippen LogP contribution is -2.52. The van der Waals surface area contributed by atoms with E-state index in [0.29, 0.717) is 10.2 Å². The molecule has 1 atom stereocenters. The largest absolute Gasteiger partial charge is 0.352 e. The van der Waals surface area contributed by atoms with Gasteiger partial charge in [-0.15, -0.1) is 0 Å². The Morgan fingerprint density at radius 3 is 2.35 bits per heavy atom. The van der Waals surface area contributed by atoms with Crippen LogP contribution in [0, 0.1) is 5.82 Å². The van der Waals surface area contributed by atoms with Gasteiger partial charge in [-0.3, -0.25) is 13.9 Å². The first kappa shape index (κ1) is 26.2. The van der Waals surface area contributed by atoms with E-state index in [2.05, 4.69) is 21.2 Å². The number of hydrogen-bond acceptors (Lipinski definition) is 4. The van der Waals surface area contributed by atoms with Gasteiger partial charge in [-0.05, 0) is 53.9 Å². The summed E-state index contributed by atoms with van der Waals surface area (Å²) in [6.45, 7) is 0.877. The summed E-state index contributed by atoms with van der Waals surface area (Å²) in [5.41, 5.74) is 0.537. The Hall–Kier alpha value is -2.46. The summed E-state index contributed by atoms with van der Waals surface area (Å²) in [6, 6.07) is 11.8. The van der Waals surface area contributed by atoms with Crippen LogP contribution in [-0.4, -0.2) is 50.0 Å². The Balaban J connectivity index is 1.90. The zero-order valence-corrected chi connectivity index (χ0v) is 21.6. The van der Waals surface area contributed by atoms with Crippen molar-refractivity contribution in [1.29, 1.82) is 0 Å². The van der Waals surface area contributed by atoms with Crippen molar-refractivity contribution >= 4 is 43.5 Å². The number of nitrogens with zero attached hydrogens (tertiary/aromatic N) is 2. The van der Waals surface area contributed by atoms with E-state index >= 15 is 0 Å². The fourth-order valence-electron chi connectivity index (χ4n) is 4.03. The van der Waals surface area contributed by atoms with Crippen LogP contribution in [0.2, 0.25) is 0 Å². The molecule has 184 valence electrons. The average molecular weight is 554 g/mol. The van der Waals surface area contributed by atoms with Crippen molar-refractivity contribution in [3.8, 4) is 0 Å². The van der Waals surface area contributed by atoms with Gasteiger partial charge in [-0.2, -0.15) is 0 Å². The summed E-state index contributed by atoms with van der Waals surface area (Å²) in [5.74, 6) is -1.46. The van der Waals surface area contributed by atoms with Gasteiger partial charge in [0.15, 0.2) is 0 Å². The van der Waals surface area contributed by atoms with Crippen molar-refractivity contribution in [3.63, 3.8) is 0 Å². The highest BCUT2D eigenvalue weighted by molar-refractivity contribution is 9.10. The standard InChI is InChI=1S/C24H29BrFN3O4S/c1-17(24(31)27-19-10-4-5-11-19)28(15-18-9-3-7-13-21(18)26)23(30)16-29(34(2,32)33)22-14-8-6-12-20(22)25/h3,6-9,12-14,17,19H,4-5,10-11,15-16H2,1-2H3,(H,27,31)/t17-/m0/s1. The second-order valence-corrected chi connectivity index (χ2v) is 11.3. The molecule has 34 heavy (non-hydrogen) atoms. The second kappa shape index (κ2) is 11.3. The van der Waals surface area contributed by atoms with Gasteiger partial charge in [-0.1, -0.05) is 43.2 Å². The number of halogens is 2. The zero-order valence-electron chi connectivity index (χ0n) is 19.2. The van der Waals surface area contributed by atoms with Crippen molar-refractivity contribution < 1.29 is 22.4 Å². The fourth-order valence-corrected chi connectivity index (χ4v) is 5.51. The molecule has 1 fully saturated rings. The SMILES string of the molecule is C[C@@H](C(=O)NC1CCCC1)N(Cc1ccccc1F)C(=O)CN(c1ccccc1Br)S(C)(=O)=O. The highest BCUT2D eigenvalue weighted by Gasteiger charge is 2.32. The van der Waals surface area contributed by atoms with Gasteiger partial charge in [0.1, 0.15) is 18.4 Å². The molecule has 0 heterocycles. The predicted molar refractivity (Wildman–Crippen MR) is 133 cm³/mol. The topological polar surface area (TPSA) is 86.8 Å². The Morgan fingerprint density at radius 1 is 1.12 bits per heavy atom. The number of rotatable bonds is 9. The number of amides is 2. The van der Waals surface area contributed by atoms with Gasteiger partial charge in [0, 0.05) is 22.6 Å². The molecule has 1 aliphatic rings. The normalized spacial score (nSPS) is 15.1. The number of para-hydroxylation sites is 1. The summed E-state index contributed by atoms with van der Waals surface area (Å²) < 4.78 is 41.1. The van der Waals surface area contributed by atoms with E-state index in [4.69, 9.17) is 0 Å². The first-order valence-corrected chi connectivity index (χ1v) is 13.8. The van der Waals surface area contributed by atoms with Crippen molar-refractivity contribution in [3.05, 3.63) is 64.4 Å². The van der Waals surface area contributed by atoms with Crippen LogP contribution in [-0.2, 0) is 26.2 Å². The summed E-state index contributed by atoms with van der Waals surface area (Å²) in [4.78, 5) is 27.7. The second-order valence-electron chi connectivity index (χ2n) is 8.50. The molecule has 0 radical (unpaired) electrons. The third kappa shape index (κ3) is 6.56. The molecular formula is C24H29BrFN3O4S. The van der Waals surface area contributed by atoms with Crippen LogP contribution in [0.5, 0.6) is 0 Å². The lowest BCUT2D eigenvalue weighted by molar-refractivity contribution is -0.139. The molecule has 2 aromatic carbocycles. The Labute approximate surface area is 208 Å². The van der Waals surface area contributed by atoms with Crippen LogP contribution in [0.1, 0.15) is 38.2 Å².